The van der Waals surface area contributed by atoms with E-state index < -0.39 is 0 Å². The molecular weight excluding hydrogens is 244 g/mol. The van der Waals surface area contributed by atoms with Gasteiger partial charge in [-0.25, -0.2) is 0 Å². The molecule has 0 radical (unpaired) electrons. The molecule has 18 heavy (non-hydrogen) atoms. The van der Waals surface area contributed by atoms with Crippen molar-refractivity contribution in [3.63, 3.8) is 0 Å². The maximum absolute atomic E-state index is 11.0. The number of thiophene rings is 1. The van der Waals surface area contributed by atoms with Crippen molar-refractivity contribution in [2.75, 3.05) is 0 Å². The summed E-state index contributed by atoms with van der Waals surface area (Å²) in [7, 11) is 0. The molecular formula is C14H18N2OS. The fourth-order valence-electron chi connectivity index (χ4n) is 2.00. The van der Waals surface area contributed by atoms with Gasteiger partial charge in [-0.1, -0.05) is 18.2 Å². The number of primary amides is 1. The number of fused-ring (bicyclic) bond motifs is 1. The third kappa shape index (κ3) is 3.09. The molecule has 3 nitrogen and oxygen atoms in total. The smallest absolute Gasteiger partial charge is 0.219 e. The van der Waals surface area contributed by atoms with E-state index in [9.17, 15) is 4.79 Å². The lowest BCUT2D eigenvalue weighted by molar-refractivity contribution is -0.119. The number of benzene rings is 1. The van der Waals surface area contributed by atoms with Gasteiger partial charge >= 0.3 is 0 Å². The minimum absolute atomic E-state index is 0.269. The molecule has 0 bridgehead atoms. The van der Waals surface area contributed by atoms with Crippen molar-refractivity contribution >= 4 is 27.3 Å². The molecule has 2 rings (SSSR count). The van der Waals surface area contributed by atoms with E-state index in [4.69, 9.17) is 5.73 Å². The maximum atomic E-state index is 11.0. The number of rotatable bonds is 5. The van der Waals surface area contributed by atoms with Crippen LogP contribution < -0.4 is 11.1 Å². The van der Waals surface area contributed by atoms with Crippen LogP contribution in [-0.4, -0.2) is 11.4 Å². The molecule has 0 aliphatic rings. The molecule has 3 N–H and O–H groups in total. The molecule has 0 saturated carbocycles. The molecule has 96 valence electrons. The Morgan fingerprint density at radius 2 is 2.11 bits per heavy atom. The Kier molecular flexibility index (Phi) is 3.68. The predicted molar refractivity (Wildman–Crippen MR) is 76.6 cm³/mol. The standard InChI is InChI=1S/C14H18N2OS/c1-14(2,7-13(15)17)16-8-10-9-18-12-6-4-3-5-11(10)12/h3-6,9,16H,7-8H2,1-2H3,(H2,15,17). The summed E-state index contributed by atoms with van der Waals surface area (Å²) >= 11 is 1.75. The van der Waals surface area contributed by atoms with Gasteiger partial charge in [-0.3, -0.25) is 4.79 Å². The van der Waals surface area contributed by atoms with Crippen LogP contribution in [-0.2, 0) is 11.3 Å². The molecule has 1 aromatic heterocycles. The second-order valence-corrected chi connectivity index (χ2v) is 6.05. The molecule has 1 aromatic carbocycles. The summed E-state index contributed by atoms with van der Waals surface area (Å²) in [6, 6.07) is 8.35. The summed E-state index contributed by atoms with van der Waals surface area (Å²) in [4.78, 5) is 11.0. The first kappa shape index (κ1) is 13.1. The Labute approximate surface area is 111 Å². The minimum atomic E-state index is -0.275. The Hall–Kier alpha value is -1.39. The number of carbonyl (C=O) groups is 1. The summed E-state index contributed by atoms with van der Waals surface area (Å²) < 4.78 is 1.29. The van der Waals surface area contributed by atoms with Gasteiger partial charge in [0.1, 0.15) is 0 Å². The van der Waals surface area contributed by atoms with Gasteiger partial charge in [0.25, 0.3) is 0 Å². The first-order chi connectivity index (χ1) is 8.48. The normalized spacial score (nSPS) is 11.9. The van der Waals surface area contributed by atoms with E-state index in [1.165, 1.54) is 15.6 Å². The van der Waals surface area contributed by atoms with Crippen LogP contribution in [0.3, 0.4) is 0 Å². The first-order valence-electron chi connectivity index (χ1n) is 5.96. The number of amides is 1. The zero-order valence-electron chi connectivity index (χ0n) is 10.7. The third-order valence-electron chi connectivity index (χ3n) is 2.93. The lowest BCUT2D eigenvalue weighted by Gasteiger charge is -2.24. The third-order valence-corrected chi connectivity index (χ3v) is 3.95. The molecule has 2 aromatic rings. The molecule has 0 atom stereocenters. The zero-order chi connectivity index (χ0) is 13.2. The monoisotopic (exact) mass is 262 g/mol. The van der Waals surface area contributed by atoms with Crippen LogP contribution in [0, 0.1) is 0 Å². The van der Waals surface area contributed by atoms with E-state index in [-0.39, 0.29) is 11.4 Å². The summed E-state index contributed by atoms with van der Waals surface area (Å²) in [5, 5.41) is 6.84. The van der Waals surface area contributed by atoms with E-state index in [0.717, 1.165) is 6.54 Å². The second-order valence-electron chi connectivity index (χ2n) is 5.14. The summed E-state index contributed by atoms with van der Waals surface area (Å²) in [6.45, 7) is 4.74. The quantitative estimate of drug-likeness (QED) is 0.870. The van der Waals surface area contributed by atoms with Crippen LogP contribution in [0.4, 0.5) is 0 Å². The van der Waals surface area contributed by atoms with Gasteiger partial charge in [-0.2, -0.15) is 0 Å². The highest BCUT2D eigenvalue weighted by molar-refractivity contribution is 7.17. The fraction of sp³-hybridized carbons (Fsp3) is 0.357. The Balaban J connectivity index is 2.08. The van der Waals surface area contributed by atoms with Gasteiger partial charge in [0.2, 0.25) is 5.91 Å². The zero-order valence-corrected chi connectivity index (χ0v) is 11.5. The molecule has 0 spiro atoms. The SMILES string of the molecule is CC(C)(CC(N)=O)NCc1csc2ccccc12. The van der Waals surface area contributed by atoms with Gasteiger partial charge in [0.05, 0.1) is 0 Å². The number of nitrogens with two attached hydrogens (primary N) is 1. The van der Waals surface area contributed by atoms with Crippen LogP contribution in [0.25, 0.3) is 10.1 Å². The molecule has 1 heterocycles. The second kappa shape index (κ2) is 5.08. The lowest BCUT2D eigenvalue weighted by Crippen LogP contribution is -2.42. The van der Waals surface area contributed by atoms with Crippen LogP contribution in [0.5, 0.6) is 0 Å². The highest BCUT2D eigenvalue weighted by Crippen LogP contribution is 2.26. The summed E-state index contributed by atoms with van der Waals surface area (Å²) in [6.07, 6.45) is 0.342. The fourth-order valence-corrected chi connectivity index (χ4v) is 2.97. The van der Waals surface area contributed by atoms with Crippen molar-refractivity contribution in [1.29, 1.82) is 0 Å². The molecule has 0 saturated heterocycles. The van der Waals surface area contributed by atoms with Crippen molar-refractivity contribution in [3.8, 4) is 0 Å². The molecule has 0 aliphatic heterocycles. The largest absolute Gasteiger partial charge is 0.370 e. The van der Waals surface area contributed by atoms with Gasteiger partial charge in [0.15, 0.2) is 0 Å². The van der Waals surface area contributed by atoms with Crippen molar-refractivity contribution in [3.05, 3.63) is 35.2 Å². The maximum Gasteiger partial charge on any atom is 0.219 e. The van der Waals surface area contributed by atoms with E-state index in [1.54, 1.807) is 11.3 Å². The number of hydrogen-bond donors (Lipinski definition) is 2. The number of nitrogens with one attached hydrogen (secondary N) is 1. The lowest BCUT2D eigenvalue weighted by atomic mass is 10.00. The van der Waals surface area contributed by atoms with Crippen LogP contribution in [0.2, 0.25) is 0 Å². The molecule has 0 fully saturated rings. The summed E-state index contributed by atoms with van der Waals surface area (Å²) in [5.41, 5.74) is 6.24. The topological polar surface area (TPSA) is 55.1 Å². The predicted octanol–water partition coefficient (Wildman–Crippen LogP) is 2.64. The van der Waals surface area contributed by atoms with E-state index in [1.807, 2.05) is 26.0 Å². The highest BCUT2D eigenvalue weighted by atomic mass is 32.1. The van der Waals surface area contributed by atoms with E-state index >= 15 is 0 Å². The molecule has 1 amide bonds. The average Bonchev–Trinajstić information content (AvgIpc) is 2.68. The van der Waals surface area contributed by atoms with E-state index in [2.05, 4.69) is 22.8 Å². The minimum Gasteiger partial charge on any atom is -0.370 e. The van der Waals surface area contributed by atoms with Crippen LogP contribution in [0.15, 0.2) is 29.6 Å². The number of hydrogen-bond acceptors (Lipinski definition) is 3. The van der Waals surface area contributed by atoms with E-state index in [0.29, 0.717) is 6.42 Å². The highest BCUT2D eigenvalue weighted by Gasteiger charge is 2.20. The van der Waals surface area contributed by atoms with Crippen molar-refractivity contribution in [2.24, 2.45) is 5.73 Å². The van der Waals surface area contributed by atoms with Crippen LogP contribution >= 0.6 is 11.3 Å². The molecule has 0 unspecified atom stereocenters. The molecule has 4 heteroatoms. The van der Waals surface area contributed by atoms with Gasteiger partial charge in [-0.15, -0.1) is 11.3 Å². The van der Waals surface area contributed by atoms with Gasteiger partial charge in [0, 0.05) is 23.2 Å². The van der Waals surface area contributed by atoms with Crippen LogP contribution in [0.1, 0.15) is 25.8 Å². The van der Waals surface area contributed by atoms with Crippen molar-refractivity contribution in [1.82, 2.24) is 5.32 Å². The van der Waals surface area contributed by atoms with Gasteiger partial charge < -0.3 is 11.1 Å². The Bertz CT molecular complexity index is 560. The number of carbonyl (C=O) groups excluding carboxylic acids is 1. The van der Waals surface area contributed by atoms with Gasteiger partial charge in [-0.05, 0) is 36.2 Å². The first-order valence-corrected chi connectivity index (χ1v) is 6.84. The van der Waals surface area contributed by atoms with Crippen molar-refractivity contribution < 1.29 is 4.79 Å². The molecule has 0 aliphatic carbocycles. The van der Waals surface area contributed by atoms with Crippen molar-refractivity contribution in [2.45, 2.75) is 32.4 Å². The Morgan fingerprint density at radius 3 is 2.83 bits per heavy atom. The summed E-state index contributed by atoms with van der Waals surface area (Å²) in [5.74, 6) is -0.275. The Morgan fingerprint density at radius 1 is 1.39 bits per heavy atom. The average molecular weight is 262 g/mol.